The molecular formula is C12H10ClNO2S. The lowest BCUT2D eigenvalue weighted by Crippen LogP contribution is -2.09. The van der Waals surface area contributed by atoms with E-state index in [9.17, 15) is 4.79 Å². The van der Waals surface area contributed by atoms with Crippen LogP contribution in [0.4, 0.5) is 0 Å². The van der Waals surface area contributed by atoms with Crippen LogP contribution in [0.15, 0.2) is 35.7 Å². The molecule has 0 saturated carbocycles. The van der Waals surface area contributed by atoms with Gasteiger partial charge >= 0.3 is 5.97 Å². The third-order valence-corrected chi connectivity index (χ3v) is 3.23. The van der Waals surface area contributed by atoms with Crippen molar-refractivity contribution >= 4 is 28.9 Å². The fourth-order valence-electron chi connectivity index (χ4n) is 1.30. The Kier molecular flexibility index (Phi) is 4.12. The molecule has 88 valence electrons. The second-order valence-electron chi connectivity index (χ2n) is 3.31. The molecule has 0 aliphatic rings. The Bertz CT molecular complexity index is 499. The van der Waals surface area contributed by atoms with Crippen LogP contribution in [0.5, 0.6) is 0 Å². The largest absolute Gasteiger partial charge is 0.461 e. The van der Waals surface area contributed by atoms with E-state index in [4.69, 9.17) is 16.3 Å². The number of hydrogen-bond acceptors (Lipinski definition) is 4. The summed E-state index contributed by atoms with van der Waals surface area (Å²) in [5.74, 6) is -0.441. The maximum Gasteiger partial charge on any atom is 0.356 e. The zero-order chi connectivity index (χ0) is 12.1. The average molecular weight is 268 g/mol. The maximum absolute atomic E-state index is 11.6. The van der Waals surface area contributed by atoms with E-state index in [1.54, 1.807) is 29.5 Å². The average Bonchev–Trinajstić information content (AvgIpc) is 2.82. The number of halogens is 1. The fraction of sp³-hybridized carbons (Fsp3) is 0.167. The van der Waals surface area contributed by atoms with Gasteiger partial charge in [0, 0.05) is 11.3 Å². The maximum atomic E-state index is 11.6. The van der Waals surface area contributed by atoms with Crippen molar-refractivity contribution in [2.45, 2.75) is 6.42 Å². The highest BCUT2D eigenvalue weighted by atomic mass is 35.5. The van der Waals surface area contributed by atoms with Gasteiger partial charge in [-0.3, -0.25) is 0 Å². The molecule has 3 nitrogen and oxygen atoms in total. The van der Waals surface area contributed by atoms with Gasteiger partial charge in [-0.1, -0.05) is 23.7 Å². The Balaban J connectivity index is 1.85. The van der Waals surface area contributed by atoms with Gasteiger partial charge in [-0.25, -0.2) is 9.78 Å². The number of thiophene rings is 1. The first-order valence-electron chi connectivity index (χ1n) is 5.08. The van der Waals surface area contributed by atoms with E-state index in [1.807, 2.05) is 17.5 Å². The topological polar surface area (TPSA) is 39.2 Å². The number of rotatable bonds is 4. The first-order valence-corrected chi connectivity index (χ1v) is 6.33. The van der Waals surface area contributed by atoms with Crippen molar-refractivity contribution in [2.24, 2.45) is 0 Å². The Morgan fingerprint density at radius 3 is 2.94 bits per heavy atom. The molecule has 0 amide bonds. The zero-order valence-electron chi connectivity index (χ0n) is 8.93. The molecule has 0 spiro atoms. The number of ether oxygens (including phenoxy) is 1. The van der Waals surface area contributed by atoms with E-state index < -0.39 is 5.97 Å². The third-order valence-electron chi connectivity index (χ3n) is 2.09. The SMILES string of the molecule is O=C(OCCc1cccs1)c1cccc(Cl)n1. The molecule has 0 unspecified atom stereocenters. The van der Waals surface area contributed by atoms with Crippen LogP contribution in [0.3, 0.4) is 0 Å². The highest BCUT2D eigenvalue weighted by Crippen LogP contribution is 2.10. The van der Waals surface area contributed by atoms with Crippen LogP contribution >= 0.6 is 22.9 Å². The number of carbonyl (C=O) groups excluding carboxylic acids is 1. The number of carbonyl (C=O) groups is 1. The third kappa shape index (κ3) is 3.54. The van der Waals surface area contributed by atoms with Crippen LogP contribution in [0, 0.1) is 0 Å². The van der Waals surface area contributed by atoms with Gasteiger partial charge in [0.2, 0.25) is 0 Å². The first-order chi connectivity index (χ1) is 8.25. The normalized spacial score (nSPS) is 10.2. The highest BCUT2D eigenvalue weighted by molar-refractivity contribution is 7.09. The lowest BCUT2D eigenvalue weighted by atomic mass is 10.3. The van der Waals surface area contributed by atoms with Crippen molar-refractivity contribution in [1.29, 1.82) is 0 Å². The van der Waals surface area contributed by atoms with E-state index >= 15 is 0 Å². The summed E-state index contributed by atoms with van der Waals surface area (Å²) in [7, 11) is 0. The molecule has 2 aromatic rings. The summed E-state index contributed by atoms with van der Waals surface area (Å²) in [6.45, 7) is 0.355. The molecule has 5 heteroatoms. The van der Waals surface area contributed by atoms with E-state index in [2.05, 4.69) is 4.98 Å². The Labute approximate surface area is 108 Å². The van der Waals surface area contributed by atoms with Gasteiger partial charge < -0.3 is 4.74 Å². The Morgan fingerprint density at radius 1 is 1.35 bits per heavy atom. The number of pyridine rings is 1. The summed E-state index contributed by atoms with van der Waals surface area (Å²) < 4.78 is 5.10. The van der Waals surface area contributed by atoms with Gasteiger partial charge in [-0.15, -0.1) is 11.3 Å². The molecule has 0 bridgehead atoms. The zero-order valence-corrected chi connectivity index (χ0v) is 10.5. The van der Waals surface area contributed by atoms with Crippen molar-refractivity contribution < 1.29 is 9.53 Å². The monoisotopic (exact) mass is 267 g/mol. The summed E-state index contributed by atoms with van der Waals surface area (Å²) >= 11 is 7.33. The lowest BCUT2D eigenvalue weighted by molar-refractivity contribution is 0.0503. The van der Waals surface area contributed by atoms with Crippen molar-refractivity contribution in [2.75, 3.05) is 6.61 Å². The van der Waals surface area contributed by atoms with E-state index in [1.165, 1.54) is 4.88 Å². The highest BCUT2D eigenvalue weighted by Gasteiger charge is 2.08. The fourth-order valence-corrected chi connectivity index (χ4v) is 2.15. The van der Waals surface area contributed by atoms with E-state index in [0.29, 0.717) is 6.61 Å². The number of nitrogens with zero attached hydrogens (tertiary/aromatic N) is 1. The molecule has 0 N–H and O–H groups in total. The van der Waals surface area contributed by atoms with Crippen LogP contribution in [0.2, 0.25) is 5.15 Å². The van der Waals surface area contributed by atoms with Crippen LogP contribution in [-0.2, 0) is 11.2 Å². The number of hydrogen-bond donors (Lipinski definition) is 0. The predicted octanol–water partition coefficient (Wildman–Crippen LogP) is 3.20. The molecule has 0 fully saturated rings. The van der Waals surface area contributed by atoms with Crippen LogP contribution in [-0.4, -0.2) is 17.6 Å². The minimum absolute atomic E-state index is 0.240. The molecule has 0 aliphatic heterocycles. The quantitative estimate of drug-likeness (QED) is 0.631. The van der Waals surface area contributed by atoms with Gasteiger partial charge in [-0.05, 0) is 23.6 Å². The first kappa shape index (κ1) is 12.1. The molecule has 0 atom stereocenters. The minimum atomic E-state index is -0.441. The number of esters is 1. The smallest absolute Gasteiger partial charge is 0.356 e. The van der Waals surface area contributed by atoms with Crippen molar-refractivity contribution in [3.05, 3.63) is 51.4 Å². The molecule has 2 rings (SSSR count). The summed E-state index contributed by atoms with van der Waals surface area (Å²) in [6.07, 6.45) is 0.726. The molecule has 2 aromatic heterocycles. The molecule has 2 heterocycles. The van der Waals surface area contributed by atoms with Crippen molar-refractivity contribution in [3.63, 3.8) is 0 Å². The second kappa shape index (κ2) is 5.80. The van der Waals surface area contributed by atoms with Gasteiger partial charge in [0.25, 0.3) is 0 Å². The van der Waals surface area contributed by atoms with Crippen LogP contribution in [0.1, 0.15) is 15.4 Å². The molecule has 0 saturated heterocycles. The molecule has 0 aromatic carbocycles. The predicted molar refractivity (Wildman–Crippen MR) is 67.6 cm³/mol. The van der Waals surface area contributed by atoms with E-state index in [-0.39, 0.29) is 10.8 Å². The molecule has 17 heavy (non-hydrogen) atoms. The van der Waals surface area contributed by atoms with Gasteiger partial charge in [0.05, 0.1) is 6.61 Å². The summed E-state index contributed by atoms with van der Waals surface area (Å²) in [5, 5.41) is 2.29. The lowest BCUT2D eigenvalue weighted by Gasteiger charge is -2.03. The molecule has 0 radical (unpaired) electrons. The Hall–Kier alpha value is -1.39. The van der Waals surface area contributed by atoms with Crippen LogP contribution < -0.4 is 0 Å². The van der Waals surface area contributed by atoms with Crippen molar-refractivity contribution in [3.8, 4) is 0 Å². The molecule has 0 aliphatic carbocycles. The van der Waals surface area contributed by atoms with Gasteiger partial charge in [0.15, 0.2) is 0 Å². The summed E-state index contributed by atoms with van der Waals surface area (Å²) in [6, 6.07) is 8.85. The second-order valence-corrected chi connectivity index (χ2v) is 4.73. The van der Waals surface area contributed by atoms with Crippen LogP contribution in [0.25, 0.3) is 0 Å². The van der Waals surface area contributed by atoms with Crippen molar-refractivity contribution in [1.82, 2.24) is 4.98 Å². The van der Waals surface area contributed by atoms with E-state index in [0.717, 1.165) is 6.42 Å². The summed E-state index contributed by atoms with van der Waals surface area (Å²) in [5.41, 5.74) is 0.240. The van der Waals surface area contributed by atoms with Gasteiger partial charge in [0.1, 0.15) is 10.8 Å². The summed E-state index contributed by atoms with van der Waals surface area (Å²) in [4.78, 5) is 16.7. The van der Waals surface area contributed by atoms with Gasteiger partial charge in [-0.2, -0.15) is 0 Å². The minimum Gasteiger partial charge on any atom is -0.461 e. The Morgan fingerprint density at radius 2 is 2.24 bits per heavy atom. The molecular weight excluding hydrogens is 258 g/mol. The number of aromatic nitrogens is 1. The standard InChI is InChI=1S/C12H10ClNO2S/c13-11-5-1-4-10(14-11)12(15)16-7-6-9-3-2-8-17-9/h1-5,8H,6-7H2.